The number of rotatable bonds is 4. The molecule has 2 saturated heterocycles. The summed E-state index contributed by atoms with van der Waals surface area (Å²) in [4.78, 5) is 41.1. The van der Waals surface area contributed by atoms with Gasteiger partial charge in [-0.2, -0.15) is 0 Å². The molecule has 1 saturated carbocycles. The van der Waals surface area contributed by atoms with Gasteiger partial charge in [0.15, 0.2) is 0 Å². The first kappa shape index (κ1) is 20.2. The zero-order valence-electron chi connectivity index (χ0n) is 17.3. The monoisotopic (exact) mass is 377 g/mol. The Labute approximate surface area is 163 Å². The predicted octanol–water partition coefficient (Wildman–Crippen LogP) is 3.16. The number of imide groups is 1. The standard InChI is InChI=1S/C21H35N3O3/c1-5-20(3,4)16-6-10-21(11-7-16)18(26)24(19(27)22-21)14-17(25)23-12-8-15(2)9-13-23/h15-16H,5-14H2,1-4H3,(H,22,27). The Morgan fingerprint density at radius 2 is 1.74 bits per heavy atom. The molecule has 1 N–H and O–H groups in total. The van der Waals surface area contributed by atoms with Gasteiger partial charge >= 0.3 is 6.03 Å². The Morgan fingerprint density at radius 3 is 2.30 bits per heavy atom. The first-order chi connectivity index (χ1) is 12.7. The van der Waals surface area contributed by atoms with E-state index in [0.717, 1.165) is 50.1 Å². The Kier molecular flexibility index (Phi) is 5.55. The van der Waals surface area contributed by atoms with Crippen LogP contribution in [0.5, 0.6) is 0 Å². The summed E-state index contributed by atoms with van der Waals surface area (Å²) in [6, 6.07) is -0.396. The van der Waals surface area contributed by atoms with Gasteiger partial charge in [-0.3, -0.25) is 14.5 Å². The maximum Gasteiger partial charge on any atom is 0.325 e. The summed E-state index contributed by atoms with van der Waals surface area (Å²) in [6.07, 6.45) is 6.33. The van der Waals surface area contributed by atoms with Gasteiger partial charge in [-0.15, -0.1) is 0 Å². The Bertz CT molecular complexity index is 600. The van der Waals surface area contributed by atoms with Crippen LogP contribution in [-0.4, -0.2) is 52.8 Å². The van der Waals surface area contributed by atoms with Crippen LogP contribution in [0.1, 0.15) is 72.6 Å². The van der Waals surface area contributed by atoms with Crippen molar-refractivity contribution in [2.75, 3.05) is 19.6 Å². The molecule has 152 valence electrons. The maximum absolute atomic E-state index is 13.1. The fourth-order valence-electron chi connectivity index (χ4n) is 4.83. The highest BCUT2D eigenvalue weighted by molar-refractivity contribution is 6.09. The van der Waals surface area contributed by atoms with Gasteiger partial charge in [0.2, 0.25) is 5.91 Å². The van der Waals surface area contributed by atoms with E-state index in [0.29, 0.717) is 24.7 Å². The molecule has 0 aromatic carbocycles. The molecule has 0 bridgehead atoms. The quantitative estimate of drug-likeness (QED) is 0.765. The molecule has 1 spiro atoms. The highest BCUT2D eigenvalue weighted by Crippen LogP contribution is 2.45. The lowest BCUT2D eigenvalue weighted by Gasteiger charge is -2.42. The highest BCUT2D eigenvalue weighted by Gasteiger charge is 2.53. The molecule has 0 aromatic heterocycles. The Balaban J connectivity index is 1.61. The average molecular weight is 378 g/mol. The van der Waals surface area contributed by atoms with Crippen LogP contribution in [0.25, 0.3) is 0 Å². The number of hydrogen-bond acceptors (Lipinski definition) is 3. The van der Waals surface area contributed by atoms with Crippen molar-refractivity contribution in [2.45, 2.75) is 78.2 Å². The molecule has 1 aliphatic carbocycles. The van der Waals surface area contributed by atoms with Gasteiger partial charge < -0.3 is 10.2 Å². The molecule has 3 rings (SSSR count). The Hall–Kier alpha value is -1.59. The smallest absolute Gasteiger partial charge is 0.325 e. The molecule has 0 atom stereocenters. The molecule has 6 heteroatoms. The molecule has 3 aliphatic rings. The number of amides is 4. The molecular formula is C21H35N3O3. The third kappa shape index (κ3) is 3.85. The topological polar surface area (TPSA) is 69.7 Å². The minimum absolute atomic E-state index is 0.108. The minimum Gasteiger partial charge on any atom is -0.341 e. The van der Waals surface area contributed by atoms with Gasteiger partial charge in [0.05, 0.1) is 0 Å². The summed E-state index contributed by atoms with van der Waals surface area (Å²) >= 11 is 0. The Morgan fingerprint density at radius 1 is 1.15 bits per heavy atom. The zero-order chi connectivity index (χ0) is 19.8. The number of carbonyl (C=O) groups is 3. The molecule has 3 fully saturated rings. The molecule has 27 heavy (non-hydrogen) atoms. The van der Waals surface area contributed by atoms with Crippen molar-refractivity contribution in [1.82, 2.24) is 15.1 Å². The number of carbonyl (C=O) groups excluding carboxylic acids is 3. The van der Waals surface area contributed by atoms with Crippen LogP contribution in [0.4, 0.5) is 4.79 Å². The number of nitrogens with zero attached hydrogens (tertiary/aromatic N) is 2. The van der Waals surface area contributed by atoms with Gasteiger partial charge in [-0.25, -0.2) is 4.79 Å². The lowest BCUT2D eigenvalue weighted by molar-refractivity contribution is -0.140. The van der Waals surface area contributed by atoms with Crippen molar-refractivity contribution < 1.29 is 14.4 Å². The fourth-order valence-corrected chi connectivity index (χ4v) is 4.83. The normalized spacial score (nSPS) is 30.1. The molecule has 0 aromatic rings. The van der Waals surface area contributed by atoms with Crippen molar-refractivity contribution in [1.29, 1.82) is 0 Å². The molecule has 2 aliphatic heterocycles. The number of hydrogen-bond donors (Lipinski definition) is 1. The second kappa shape index (κ2) is 7.44. The largest absolute Gasteiger partial charge is 0.341 e. The van der Waals surface area contributed by atoms with Gasteiger partial charge in [-0.1, -0.05) is 34.1 Å². The number of piperidine rings is 1. The van der Waals surface area contributed by atoms with E-state index < -0.39 is 11.6 Å². The summed E-state index contributed by atoms with van der Waals surface area (Å²) in [5.74, 6) is 0.905. The van der Waals surface area contributed by atoms with Crippen molar-refractivity contribution in [3.8, 4) is 0 Å². The third-order valence-electron chi connectivity index (χ3n) is 7.53. The van der Waals surface area contributed by atoms with Crippen LogP contribution in [0.2, 0.25) is 0 Å². The van der Waals surface area contributed by atoms with Crippen molar-refractivity contribution in [3.05, 3.63) is 0 Å². The average Bonchev–Trinajstić information content (AvgIpc) is 2.86. The first-order valence-electron chi connectivity index (χ1n) is 10.6. The van der Waals surface area contributed by atoms with Gasteiger partial charge in [0, 0.05) is 13.1 Å². The molecule has 0 unspecified atom stereocenters. The van der Waals surface area contributed by atoms with Crippen LogP contribution in [0, 0.1) is 17.3 Å². The van der Waals surface area contributed by atoms with Gasteiger partial charge in [-0.05, 0) is 55.8 Å². The summed E-state index contributed by atoms with van der Waals surface area (Å²) in [7, 11) is 0. The van der Waals surface area contributed by atoms with E-state index in [1.54, 1.807) is 4.90 Å². The lowest BCUT2D eigenvalue weighted by Crippen LogP contribution is -2.51. The molecule has 4 amide bonds. The summed E-state index contributed by atoms with van der Waals surface area (Å²) in [6.45, 7) is 10.3. The van der Waals surface area contributed by atoms with Crippen LogP contribution in [0.3, 0.4) is 0 Å². The predicted molar refractivity (Wildman–Crippen MR) is 104 cm³/mol. The van der Waals surface area contributed by atoms with Crippen molar-refractivity contribution >= 4 is 17.8 Å². The maximum atomic E-state index is 13.1. The van der Waals surface area contributed by atoms with Crippen LogP contribution in [-0.2, 0) is 9.59 Å². The van der Waals surface area contributed by atoms with E-state index >= 15 is 0 Å². The lowest BCUT2D eigenvalue weighted by atomic mass is 9.65. The SMILES string of the molecule is CCC(C)(C)C1CCC2(CC1)NC(=O)N(CC(=O)N1CCC(C)CC1)C2=O. The van der Waals surface area contributed by atoms with E-state index in [1.807, 2.05) is 0 Å². The van der Waals surface area contributed by atoms with E-state index in [4.69, 9.17) is 0 Å². The van der Waals surface area contributed by atoms with E-state index in [2.05, 4.69) is 33.0 Å². The second-order valence-corrected chi connectivity index (χ2v) is 9.58. The van der Waals surface area contributed by atoms with E-state index in [-0.39, 0.29) is 23.8 Å². The molecule has 0 radical (unpaired) electrons. The fraction of sp³-hybridized carbons (Fsp3) is 0.857. The van der Waals surface area contributed by atoms with Gasteiger partial charge in [0.1, 0.15) is 12.1 Å². The van der Waals surface area contributed by atoms with Crippen molar-refractivity contribution in [3.63, 3.8) is 0 Å². The molecule has 6 nitrogen and oxygen atoms in total. The van der Waals surface area contributed by atoms with Crippen LogP contribution >= 0.6 is 0 Å². The third-order valence-corrected chi connectivity index (χ3v) is 7.53. The summed E-state index contributed by atoms with van der Waals surface area (Å²) in [5.41, 5.74) is -0.525. The number of likely N-dealkylation sites (tertiary alicyclic amines) is 1. The van der Waals surface area contributed by atoms with E-state index in [9.17, 15) is 14.4 Å². The minimum atomic E-state index is -0.784. The number of nitrogens with one attached hydrogen (secondary N) is 1. The molecule has 2 heterocycles. The van der Waals surface area contributed by atoms with E-state index in [1.165, 1.54) is 0 Å². The van der Waals surface area contributed by atoms with Gasteiger partial charge in [0.25, 0.3) is 5.91 Å². The van der Waals surface area contributed by atoms with Crippen molar-refractivity contribution in [2.24, 2.45) is 17.3 Å². The summed E-state index contributed by atoms with van der Waals surface area (Å²) < 4.78 is 0. The first-order valence-corrected chi connectivity index (χ1v) is 10.6. The number of urea groups is 1. The van der Waals surface area contributed by atoms with Crippen LogP contribution in [0.15, 0.2) is 0 Å². The summed E-state index contributed by atoms with van der Waals surface area (Å²) in [5, 5.41) is 2.94. The molecular weight excluding hydrogens is 342 g/mol. The highest BCUT2D eigenvalue weighted by atomic mass is 16.2. The zero-order valence-corrected chi connectivity index (χ0v) is 17.3. The van der Waals surface area contributed by atoms with Crippen LogP contribution < -0.4 is 5.32 Å². The second-order valence-electron chi connectivity index (χ2n) is 9.58.